The Morgan fingerprint density at radius 2 is 1.89 bits per heavy atom. The van der Waals surface area contributed by atoms with Crippen LogP contribution in [-0.4, -0.2) is 40.8 Å². The molecule has 0 spiro atoms. The highest BCUT2D eigenvalue weighted by Gasteiger charge is 2.35. The van der Waals surface area contributed by atoms with Gasteiger partial charge in [-0.25, -0.2) is 9.18 Å². The van der Waals surface area contributed by atoms with Gasteiger partial charge in [0.25, 0.3) is 0 Å². The van der Waals surface area contributed by atoms with E-state index in [-0.39, 0.29) is 18.6 Å². The lowest BCUT2D eigenvalue weighted by Crippen LogP contribution is -2.54. The molecule has 0 heterocycles. The molecule has 0 saturated heterocycles. The molecule has 1 aromatic carbocycles. The first-order valence-electron chi connectivity index (χ1n) is 8.82. The van der Waals surface area contributed by atoms with Crippen LogP contribution in [0.4, 0.5) is 4.39 Å². The van der Waals surface area contributed by atoms with Crippen LogP contribution in [0.5, 0.6) is 0 Å². The molecule has 1 fully saturated rings. The normalized spacial score (nSPS) is 19.0. The van der Waals surface area contributed by atoms with Crippen molar-refractivity contribution < 1.29 is 28.7 Å². The highest BCUT2D eigenvalue weighted by atomic mass is 19.1. The van der Waals surface area contributed by atoms with Gasteiger partial charge < -0.3 is 15.7 Å². The van der Waals surface area contributed by atoms with Crippen molar-refractivity contribution in [1.29, 1.82) is 0 Å². The van der Waals surface area contributed by atoms with Gasteiger partial charge in [-0.1, -0.05) is 12.1 Å². The van der Waals surface area contributed by atoms with E-state index in [1.165, 1.54) is 31.2 Å². The van der Waals surface area contributed by atoms with E-state index >= 15 is 0 Å². The summed E-state index contributed by atoms with van der Waals surface area (Å²) in [4.78, 5) is 47.4. The molecule has 0 aromatic heterocycles. The Bertz CT molecular complexity index is 719. The molecule has 0 aliphatic heterocycles. The number of rotatable bonds is 7. The molecule has 2 rings (SSSR count). The number of amides is 2. The Morgan fingerprint density at radius 3 is 2.44 bits per heavy atom. The molecule has 0 unspecified atom stereocenters. The SMILES string of the molecule is CC(=O)N[C@H](Cc1ccc(F)cc1)C(=O)N[C@@H](C(=O)O)[C@@H]1CCCC(=O)C1. The van der Waals surface area contributed by atoms with Gasteiger partial charge in [-0.2, -0.15) is 0 Å². The molecule has 0 radical (unpaired) electrons. The smallest absolute Gasteiger partial charge is 0.326 e. The number of carboxylic acids is 1. The van der Waals surface area contributed by atoms with E-state index in [4.69, 9.17) is 0 Å². The van der Waals surface area contributed by atoms with Crippen molar-refractivity contribution in [2.45, 2.75) is 51.1 Å². The third-order valence-corrected chi connectivity index (χ3v) is 4.60. The van der Waals surface area contributed by atoms with Crippen LogP contribution in [0.3, 0.4) is 0 Å². The topological polar surface area (TPSA) is 113 Å². The summed E-state index contributed by atoms with van der Waals surface area (Å²) in [6.07, 6.45) is 1.75. The van der Waals surface area contributed by atoms with Gasteiger partial charge in [-0.05, 0) is 36.5 Å². The molecule has 7 nitrogen and oxygen atoms in total. The number of carbonyl (C=O) groups excluding carboxylic acids is 3. The van der Waals surface area contributed by atoms with Crippen LogP contribution in [0, 0.1) is 11.7 Å². The third kappa shape index (κ3) is 6.16. The monoisotopic (exact) mass is 378 g/mol. The van der Waals surface area contributed by atoms with Crippen LogP contribution in [0.25, 0.3) is 0 Å². The lowest BCUT2D eigenvalue weighted by Gasteiger charge is -2.29. The van der Waals surface area contributed by atoms with E-state index in [0.29, 0.717) is 24.8 Å². The molecule has 1 saturated carbocycles. The minimum absolute atomic E-state index is 0.0172. The Labute approximate surface area is 156 Å². The molecule has 8 heteroatoms. The van der Waals surface area contributed by atoms with Crippen LogP contribution in [-0.2, 0) is 25.6 Å². The zero-order valence-corrected chi connectivity index (χ0v) is 15.0. The second kappa shape index (κ2) is 9.25. The van der Waals surface area contributed by atoms with Crippen molar-refractivity contribution >= 4 is 23.6 Å². The first-order chi connectivity index (χ1) is 12.8. The molecular weight excluding hydrogens is 355 g/mol. The first kappa shape index (κ1) is 20.5. The lowest BCUT2D eigenvalue weighted by molar-refractivity contribution is -0.144. The van der Waals surface area contributed by atoms with Gasteiger partial charge in [-0.3, -0.25) is 14.4 Å². The summed E-state index contributed by atoms with van der Waals surface area (Å²) in [7, 11) is 0. The molecule has 3 N–H and O–H groups in total. The second-order valence-corrected chi connectivity index (χ2v) is 6.80. The molecule has 1 aliphatic carbocycles. The van der Waals surface area contributed by atoms with Gasteiger partial charge in [0.2, 0.25) is 11.8 Å². The minimum atomic E-state index is -1.22. The number of hydrogen-bond acceptors (Lipinski definition) is 4. The van der Waals surface area contributed by atoms with Gasteiger partial charge in [-0.15, -0.1) is 0 Å². The number of carboxylic acid groups (broad SMARTS) is 1. The molecule has 1 aliphatic rings. The lowest BCUT2D eigenvalue weighted by atomic mass is 9.83. The number of nitrogens with one attached hydrogen (secondary N) is 2. The summed E-state index contributed by atoms with van der Waals surface area (Å²) in [5.74, 6) is -3.23. The van der Waals surface area contributed by atoms with Crippen LogP contribution < -0.4 is 10.6 Å². The van der Waals surface area contributed by atoms with Crippen molar-refractivity contribution in [3.63, 3.8) is 0 Å². The predicted octanol–water partition coefficient (Wildman–Crippen LogP) is 1.20. The Hall–Kier alpha value is -2.77. The van der Waals surface area contributed by atoms with Gasteiger partial charge in [0.05, 0.1) is 0 Å². The third-order valence-electron chi connectivity index (χ3n) is 4.60. The highest BCUT2D eigenvalue weighted by Crippen LogP contribution is 2.24. The van der Waals surface area contributed by atoms with Crippen LogP contribution >= 0.6 is 0 Å². The van der Waals surface area contributed by atoms with Crippen molar-refractivity contribution in [1.82, 2.24) is 10.6 Å². The second-order valence-electron chi connectivity index (χ2n) is 6.80. The number of benzene rings is 1. The van der Waals surface area contributed by atoms with Crippen LogP contribution in [0.2, 0.25) is 0 Å². The van der Waals surface area contributed by atoms with Crippen molar-refractivity contribution in [2.75, 3.05) is 0 Å². The fraction of sp³-hybridized carbons (Fsp3) is 0.474. The number of carbonyl (C=O) groups is 4. The number of aliphatic carboxylic acids is 1. The fourth-order valence-electron chi connectivity index (χ4n) is 3.29. The Balaban J connectivity index is 2.12. The Morgan fingerprint density at radius 1 is 1.22 bits per heavy atom. The first-order valence-corrected chi connectivity index (χ1v) is 8.82. The maximum absolute atomic E-state index is 13.0. The van der Waals surface area contributed by atoms with Gasteiger partial charge in [0, 0.05) is 26.2 Å². The van der Waals surface area contributed by atoms with Gasteiger partial charge in [0.15, 0.2) is 0 Å². The zero-order valence-electron chi connectivity index (χ0n) is 15.0. The standard InChI is InChI=1S/C19H23FN2O5/c1-11(23)21-16(9-12-5-7-14(20)8-6-12)18(25)22-17(19(26)27)13-3-2-4-15(24)10-13/h5-8,13,16-17H,2-4,9-10H2,1H3,(H,21,23)(H,22,25)(H,26,27)/t13-,16-,17-/m1/s1. The van der Waals surface area contributed by atoms with E-state index in [1.54, 1.807) is 0 Å². The molecule has 2 amide bonds. The van der Waals surface area contributed by atoms with E-state index in [2.05, 4.69) is 10.6 Å². The van der Waals surface area contributed by atoms with Crippen molar-refractivity contribution in [3.8, 4) is 0 Å². The van der Waals surface area contributed by atoms with E-state index in [1.807, 2.05) is 0 Å². The summed E-state index contributed by atoms with van der Waals surface area (Å²) in [5.41, 5.74) is 0.616. The largest absolute Gasteiger partial charge is 0.480 e. The number of ketones is 1. The van der Waals surface area contributed by atoms with Gasteiger partial charge >= 0.3 is 5.97 Å². The summed E-state index contributed by atoms with van der Waals surface area (Å²) in [5, 5.41) is 14.4. The average molecular weight is 378 g/mol. The number of hydrogen-bond donors (Lipinski definition) is 3. The Kier molecular flexibility index (Phi) is 7.04. The molecular formula is C19H23FN2O5. The molecule has 0 bridgehead atoms. The molecule has 146 valence electrons. The average Bonchev–Trinajstić information content (AvgIpc) is 2.60. The molecule has 3 atom stereocenters. The summed E-state index contributed by atoms with van der Waals surface area (Å²) >= 11 is 0. The summed E-state index contributed by atoms with van der Waals surface area (Å²) < 4.78 is 13.0. The van der Waals surface area contributed by atoms with E-state index in [0.717, 1.165) is 0 Å². The van der Waals surface area contributed by atoms with Crippen molar-refractivity contribution in [2.24, 2.45) is 5.92 Å². The summed E-state index contributed by atoms with van der Waals surface area (Å²) in [6, 6.07) is 3.26. The fourth-order valence-corrected chi connectivity index (χ4v) is 3.29. The maximum atomic E-state index is 13.0. The quantitative estimate of drug-likeness (QED) is 0.660. The number of halogens is 1. The minimum Gasteiger partial charge on any atom is -0.480 e. The van der Waals surface area contributed by atoms with Crippen LogP contribution in [0.15, 0.2) is 24.3 Å². The predicted molar refractivity (Wildman–Crippen MR) is 94.2 cm³/mol. The summed E-state index contributed by atoms with van der Waals surface area (Å²) in [6.45, 7) is 1.25. The zero-order chi connectivity index (χ0) is 20.0. The van der Waals surface area contributed by atoms with E-state index < -0.39 is 41.6 Å². The van der Waals surface area contributed by atoms with Crippen molar-refractivity contribution in [3.05, 3.63) is 35.6 Å². The molecule has 1 aromatic rings. The number of Topliss-reactive ketones (excluding diaryl/α,β-unsaturated/α-hetero) is 1. The molecule has 27 heavy (non-hydrogen) atoms. The van der Waals surface area contributed by atoms with E-state index in [9.17, 15) is 28.7 Å². The maximum Gasteiger partial charge on any atom is 0.326 e. The van der Waals surface area contributed by atoms with Gasteiger partial charge in [0.1, 0.15) is 23.7 Å². The van der Waals surface area contributed by atoms with Crippen LogP contribution in [0.1, 0.15) is 38.2 Å². The highest BCUT2D eigenvalue weighted by molar-refractivity contribution is 5.90.